The van der Waals surface area contributed by atoms with E-state index in [0.29, 0.717) is 16.5 Å². The second-order valence-electron chi connectivity index (χ2n) is 4.46. The number of nitrogens with one attached hydrogen (secondary N) is 3. The Labute approximate surface area is 130 Å². The first-order valence-electron chi connectivity index (χ1n) is 6.36. The molecular weight excluding hydrogens is 304 g/mol. The molecule has 0 saturated carbocycles. The number of benzene rings is 1. The Hall–Kier alpha value is -2.74. The van der Waals surface area contributed by atoms with Crippen molar-refractivity contribution >= 4 is 45.6 Å². The smallest absolute Gasteiger partial charge is 0.315 e. The molecule has 8 heteroatoms. The molecule has 1 aromatic carbocycles. The Balaban J connectivity index is 1.99. The van der Waals surface area contributed by atoms with E-state index in [9.17, 15) is 14.4 Å². The van der Waals surface area contributed by atoms with E-state index in [2.05, 4.69) is 20.9 Å². The summed E-state index contributed by atoms with van der Waals surface area (Å²) in [5.74, 6) is -1.84. The molecule has 0 fully saturated rings. The van der Waals surface area contributed by atoms with Gasteiger partial charge in [-0.2, -0.15) is 0 Å². The van der Waals surface area contributed by atoms with Crippen molar-refractivity contribution in [1.82, 2.24) is 4.98 Å². The van der Waals surface area contributed by atoms with Gasteiger partial charge in [0.1, 0.15) is 0 Å². The van der Waals surface area contributed by atoms with E-state index < -0.39 is 11.8 Å². The fraction of sp³-hybridized carbons (Fsp3) is 0.143. The zero-order valence-corrected chi connectivity index (χ0v) is 12.8. The van der Waals surface area contributed by atoms with Crippen molar-refractivity contribution in [3.63, 3.8) is 0 Å². The molecule has 7 nitrogen and oxygen atoms in total. The van der Waals surface area contributed by atoms with Gasteiger partial charge in [0, 0.05) is 23.7 Å². The summed E-state index contributed by atoms with van der Waals surface area (Å²) in [7, 11) is 0. The molecule has 3 N–H and O–H groups in total. The van der Waals surface area contributed by atoms with Crippen LogP contribution in [0.15, 0.2) is 29.6 Å². The van der Waals surface area contributed by atoms with Gasteiger partial charge in [0.05, 0.1) is 5.69 Å². The van der Waals surface area contributed by atoms with Crippen molar-refractivity contribution in [1.29, 1.82) is 0 Å². The van der Waals surface area contributed by atoms with E-state index >= 15 is 0 Å². The number of aromatic nitrogens is 1. The molecule has 0 bridgehead atoms. The topological polar surface area (TPSA) is 100 Å². The summed E-state index contributed by atoms with van der Waals surface area (Å²) >= 11 is 1.24. The lowest BCUT2D eigenvalue weighted by atomic mass is 10.2. The maximum absolute atomic E-state index is 11.8. The number of nitrogens with zero attached hydrogens (tertiary/aromatic N) is 1. The molecule has 0 aliphatic heterocycles. The van der Waals surface area contributed by atoms with Crippen LogP contribution in [-0.4, -0.2) is 22.7 Å². The Morgan fingerprint density at radius 3 is 2.27 bits per heavy atom. The second kappa shape index (κ2) is 6.81. The minimum absolute atomic E-state index is 0.222. The van der Waals surface area contributed by atoms with Crippen LogP contribution < -0.4 is 16.0 Å². The lowest BCUT2D eigenvalue weighted by Gasteiger charge is -2.07. The molecule has 0 saturated heterocycles. The van der Waals surface area contributed by atoms with Gasteiger partial charge < -0.3 is 10.6 Å². The fourth-order valence-electron chi connectivity index (χ4n) is 1.63. The molecular formula is C14H14N4O3S. The first kappa shape index (κ1) is 15.6. The molecule has 2 rings (SSSR count). The Kier molecular flexibility index (Phi) is 4.84. The SMILES string of the molecule is CC(=O)Nc1cccc(NC(=O)C(=O)Nc2nc(C)cs2)c1. The quantitative estimate of drug-likeness (QED) is 0.753. The summed E-state index contributed by atoms with van der Waals surface area (Å²) in [4.78, 5) is 38.6. The number of carbonyl (C=O) groups is 3. The third-order valence-corrected chi connectivity index (χ3v) is 3.36. The van der Waals surface area contributed by atoms with Gasteiger partial charge in [-0.15, -0.1) is 11.3 Å². The monoisotopic (exact) mass is 318 g/mol. The number of rotatable bonds is 3. The molecule has 0 spiro atoms. The molecule has 1 aromatic heterocycles. The predicted octanol–water partition coefficient (Wildman–Crippen LogP) is 1.99. The third-order valence-electron chi connectivity index (χ3n) is 2.49. The van der Waals surface area contributed by atoms with Gasteiger partial charge in [0.15, 0.2) is 5.13 Å². The molecule has 3 amide bonds. The van der Waals surface area contributed by atoms with Crippen LogP contribution in [0.25, 0.3) is 0 Å². The van der Waals surface area contributed by atoms with Gasteiger partial charge >= 0.3 is 11.8 Å². The van der Waals surface area contributed by atoms with Gasteiger partial charge in [-0.05, 0) is 25.1 Å². The Bertz CT molecular complexity index is 726. The molecule has 0 aliphatic rings. The predicted molar refractivity (Wildman–Crippen MR) is 84.9 cm³/mol. The Morgan fingerprint density at radius 2 is 1.68 bits per heavy atom. The van der Waals surface area contributed by atoms with Gasteiger partial charge in [-0.25, -0.2) is 4.98 Å². The van der Waals surface area contributed by atoms with E-state index in [0.717, 1.165) is 5.69 Å². The number of anilines is 3. The van der Waals surface area contributed by atoms with Crippen LogP contribution in [0.5, 0.6) is 0 Å². The van der Waals surface area contributed by atoms with Gasteiger partial charge in [-0.3, -0.25) is 19.7 Å². The standard InChI is InChI=1S/C14H14N4O3S/c1-8-7-22-14(15-8)18-13(21)12(20)17-11-5-3-4-10(6-11)16-9(2)19/h3-7H,1-2H3,(H,16,19)(H,17,20)(H,15,18,21). The van der Waals surface area contributed by atoms with Crippen molar-refractivity contribution in [3.05, 3.63) is 35.3 Å². The Morgan fingerprint density at radius 1 is 1.05 bits per heavy atom. The molecule has 22 heavy (non-hydrogen) atoms. The molecule has 0 atom stereocenters. The molecule has 114 valence electrons. The first-order valence-corrected chi connectivity index (χ1v) is 7.24. The molecule has 1 heterocycles. The van der Waals surface area contributed by atoms with Crippen molar-refractivity contribution in [2.45, 2.75) is 13.8 Å². The largest absolute Gasteiger partial charge is 0.326 e. The van der Waals surface area contributed by atoms with Crippen molar-refractivity contribution in [3.8, 4) is 0 Å². The zero-order valence-electron chi connectivity index (χ0n) is 12.0. The summed E-state index contributed by atoms with van der Waals surface area (Å²) in [5.41, 5.74) is 1.70. The number of thiazole rings is 1. The van der Waals surface area contributed by atoms with E-state index in [1.54, 1.807) is 36.6 Å². The maximum atomic E-state index is 11.8. The maximum Gasteiger partial charge on any atom is 0.315 e. The average molecular weight is 318 g/mol. The van der Waals surface area contributed by atoms with Crippen LogP contribution in [0.2, 0.25) is 0 Å². The lowest BCUT2D eigenvalue weighted by Crippen LogP contribution is -2.29. The van der Waals surface area contributed by atoms with E-state index in [-0.39, 0.29) is 5.91 Å². The van der Waals surface area contributed by atoms with Crippen LogP contribution in [0.1, 0.15) is 12.6 Å². The van der Waals surface area contributed by atoms with Crippen LogP contribution >= 0.6 is 11.3 Å². The number of hydrogen-bond donors (Lipinski definition) is 3. The first-order chi connectivity index (χ1) is 10.4. The van der Waals surface area contributed by atoms with Crippen molar-refractivity contribution < 1.29 is 14.4 Å². The highest BCUT2D eigenvalue weighted by Crippen LogP contribution is 2.16. The van der Waals surface area contributed by atoms with Crippen LogP contribution in [-0.2, 0) is 14.4 Å². The molecule has 2 aromatic rings. The normalized spacial score (nSPS) is 9.91. The van der Waals surface area contributed by atoms with Gasteiger partial charge in [0.2, 0.25) is 5.91 Å². The summed E-state index contributed by atoms with van der Waals surface area (Å²) in [6.45, 7) is 3.18. The fourth-order valence-corrected chi connectivity index (χ4v) is 2.31. The number of aryl methyl sites for hydroxylation is 1. The highest BCUT2D eigenvalue weighted by molar-refractivity contribution is 7.14. The zero-order chi connectivity index (χ0) is 16.1. The van der Waals surface area contributed by atoms with Gasteiger partial charge in [-0.1, -0.05) is 6.07 Å². The average Bonchev–Trinajstić information content (AvgIpc) is 2.83. The number of carbonyl (C=O) groups excluding carboxylic acids is 3. The van der Waals surface area contributed by atoms with E-state index in [4.69, 9.17) is 0 Å². The summed E-state index contributed by atoms with van der Waals surface area (Å²) in [6.07, 6.45) is 0. The van der Waals surface area contributed by atoms with Crippen LogP contribution in [0, 0.1) is 6.92 Å². The molecule has 0 radical (unpaired) electrons. The van der Waals surface area contributed by atoms with Gasteiger partial charge in [0.25, 0.3) is 0 Å². The minimum Gasteiger partial charge on any atom is -0.326 e. The van der Waals surface area contributed by atoms with Crippen LogP contribution in [0.3, 0.4) is 0 Å². The minimum atomic E-state index is -0.812. The molecule has 0 aliphatic carbocycles. The second-order valence-corrected chi connectivity index (χ2v) is 5.32. The summed E-state index contributed by atoms with van der Waals surface area (Å²) in [6, 6.07) is 6.50. The van der Waals surface area contributed by atoms with E-state index in [1.807, 2.05) is 0 Å². The summed E-state index contributed by atoms with van der Waals surface area (Å²) < 4.78 is 0. The van der Waals surface area contributed by atoms with E-state index in [1.165, 1.54) is 18.3 Å². The van der Waals surface area contributed by atoms with Crippen molar-refractivity contribution in [2.24, 2.45) is 0 Å². The van der Waals surface area contributed by atoms with Crippen molar-refractivity contribution in [2.75, 3.05) is 16.0 Å². The lowest BCUT2D eigenvalue weighted by molar-refractivity contribution is -0.132. The highest BCUT2D eigenvalue weighted by atomic mass is 32.1. The van der Waals surface area contributed by atoms with Crippen LogP contribution in [0.4, 0.5) is 16.5 Å². The number of hydrogen-bond acceptors (Lipinski definition) is 5. The third kappa shape index (κ3) is 4.38. The highest BCUT2D eigenvalue weighted by Gasteiger charge is 2.15. The molecule has 0 unspecified atom stereocenters. The number of amides is 3. The summed E-state index contributed by atoms with van der Waals surface area (Å²) in [5, 5.41) is 9.60.